The molecule has 1 aromatic heterocycles. The lowest BCUT2D eigenvalue weighted by Gasteiger charge is -2.32. The van der Waals surface area contributed by atoms with E-state index in [4.69, 9.17) is 11.6 Å². The van der Waals surface area contributed by atoms with Crippen LogP contribution in [-0.2, 0) is 16.4 Å². The fraction of sp³-hybridized carbons (Fsp3) is 0.429. The van der Waals surface area contributed by atoms with Crippen molar-refractivity contribution < 1.29 is 18.0 Å². The first kappa shape index (κ1) is 21.4. The number of anilines is 1. The number of amides is 1. The van der Waals surface area contributed by atoms with Gasteiger partial charge in [0.05, 0.1) is 11.0 Å². The maximum Gasteiger partial charge on any atom is 0.417 e. The van der Waals surface area contributed by atoms with Crippen LogP contribution >= 0.6 is 11.6 Å². The molecule has 3 rings (SSSR count). The Morgan fingerprint density at radius 2 is 1.62 bits per heavy atom. The largest absolute Gasteiger partial charge is 0.417 e. The molecule has 1 saturated heterocycles. The predicted molar refractivity (Wildman–Crippen MR) is 107 cm³/mol. The number of carbonyl (C=O) groups is 1. The summed E-state index contributed by atoms with van der Waals surface area (Å²) in [4.78, 5) is 20.9. The first-order chi connectivity index (χ1) is 13.6. The van der Waals surface area contributed by atoms with Crippen molar-refractivity contribution in [3.8, 4) is 0 Å². The summed E-state index contributed by atoms with van der Waals surface area (Å²) in [6, 6.07) is 9.68. The van der Waals surface area contributed by atoms with Crippen LogP contribution in [0.25, 0.3) is 0 Å². The molecule has 1 aromatic carbocycles. The van der Waals surface area contributed by atoms with Crippen molar-refractivity contribution in [3.05, 3.63) is 58.7 Å². The van der Waals surface area contributed by atoms with Crippen LogP contribution in [0.15, 0.2) is 42.6 Å². The average Bonchev–Trinajstić information content (AvgIpc) is 2.93. The molecule has 4 nitrogen and oxygen atoms in total. The van der Waals surface area contributed by atoms with Crippen molar-refractivity contribution in [2.75, 3.05) is 31.1 Å². The maximum absolute atomic E-state index is 13.2. The molecule has 1 aliphatic rings. The molecule has 0 unspecified atom stereocenters. The molecular formula is C21H23ClF3N3O. The van der Waals surface area contributed by atoms with Crippen molar-refractivity contribution in [1.29, 1.82) is 0 Å². The SMILES string of the molecule is CC(C)(C(=O)N1CCCN(c2ccc(C(F)(F)F)cn2)CC1)c1ccc(Cl)cc1. The summed E-state index contributed by atoms with van der Waals surface area (Å²) in [5, 5.41) is 0.617. The number of carbonyl (C=O) groups excluding carboxylic acids is 1. The third-order valence-electron chi connectivity index (χ3n) is 5.28. The van der Waals surface area contributed by atoms with Crippen molar-refractivity contribution in [3.63, 3.8) is 0 Å². The van der Waals surface area contributed by atoms with Crippen LogP contribution in [0.5, 0.6) is 0 Å². The standard InChI is InChI=1S/C21H23ClF3N3O/c1-20(2,15-4-7-17(22)8-5-15)19(29)28-11-3-10-27(12-13-28)18-9-6-16(14-26-18)21(23,24)25/h4-9,14H,3,10-13H2,1-2H3. The van der Waals surface area contributed by atoms with Crippen LogP contribution in [0.1, 0.15) is 31.4 Å². The van der Waals surface area contributed by atoms with Gasteiger partial charge in [-0.25, -0.2) is 4.98 Å². The summed E-state index contributed by atoms with van der Waals surface area (Å²) >= 11 is 5.95. The second-order valence-corrected chi connectivity index (χ2v) is 8.10. The highest BCUT2D eigenvalue weighted by atomic mass is 35.5. The quantitative estimate of drug-likeness (QED) is 0.710. The molecule has 1 aliphatic heterocycles. The van der Waals surface area contributed by atoms with Crippen LogP contribution in [0.4, 0.5) is 19.0 Å². The van der Waals surface area contributed by atoms with Crippen molar-refractivity contribution in [1.82, 2.24) is 9.88 Å². The molecule has 8 heteroatoms. The zero-order chi connectivity index (χ0) is 21.2. The molecule has 1 fully saturated rings. The Hall–Kier alpha value is -2.28. The lowest BCUT2D eigenvalue weighted by atomic mass is 9.83. The minimum atomic E-state index is -4.40. The lowest BCUT2D eigenvalue weighted by molar-refractivity contribution is -0.138. The third-order valence-corrected chi connectivity index (χ3v) is 5.53. The molecule has 0 spiro atoms. The Morgan fingerprint density at radius 1 is 0.966 bits per heavy atom. The number of hydrogen-bond acceptors (Lipinski definition) is 3. The fourth-order valence-corrected chi connectivity index (χ4v) is 3.60. The molecule has 156 valence electrons. The van der Waals surface area contributed by atoms with E-state index in [9.17, 15) is 18.0 Å². The normalized spacial score (nSPS) is 15.9. The Morgan fingerprint density at radius 3 is 2.21 bits per heavy atom. The zero-order valence-electron chi connectivity index (χ0n) is 16.3. The van der Waals surface area contributed by atoms with Gasteiger partial charge >= 0.3 is 6.18 Å². The monoisotopic (exact) mass is 425 g/mol. The van der Waals surface area contributed by atoms with Gasteiger partial charge in [-0.2, -0.15) is 13.2 Å². The minimum absolute atomic E-state index is 0.0158. The van der Waals surface area contributed by atoms with Gasteiger partial charge in [0, 0.05) is 37.4 Å². The Balaban J connectivity index is 1.69. The van der Waals surface area contributed by atoms with E-state index in [1.54, 1.807) is 12.1 Å². The molecule has 1 amide bonds. The van der Waals surface area contributed by atoms with Gasteiger partial charge in [-0.1, -0.05) is 23.7 Å². The van der Waals surface area contributed by atoms with Crippen LogP contribution < -0.4 is 4.90 Å². The van der Waals surface area contributed by atoms with Gasteiger partial charge in [0.1, 0.15) is 5.82 Å². The van der Waals surface area contributed by atoms with Gasteiger partial charge in [0.25, 0.3) is 0 Å². The number of aromatic nitrogens is 1. The van der Waals surface area contributed by atoms with Crippen molar-refractivity contribution >= 4 is 23.3 Å². The summed E-state index contributed by atoms with van der Waals surface area (Å²) in [6.07, 6.45) is -2.83. The topological polar surface area (TPSA) is 36.4 Å². The molecule has 0 aliphatic carbocycles. The van der Waals surface area contributed by atoms with E-state index in [0.717, 1.165) is 17.8 Å². The van der Waals surface area contributed by atoms with Gasteiger partial charge in [-0.3, -0.25) is 4.79 Å². The number of rotatable bonds is 3. The highest BCUT2D eigenvalue weighted by molar-refractivity contribution is 6.30. The molecule has 0 saturated carbocycles. The molecule has 0 atom stereocenters. The van der Waals surface area contributed by atoms with E-state index in [0.29, 0.717) is 43.4 Å². The summed E-state index contributed by atoms with van der Waals surface area (Å²) in [5.74, 6) is 0.506. The molecule has 2 heterocycles. The highest BCUT2D eigenvalue weighted by Gasteiger charge is 2.35. The van der Waals surface area contributed by atoms with E-state index in [-0.39, 0.29) is 5.91 Å². The minimum Gasteiger partial charge on any atom is -0.355 e. The van der Waals surface area contributed by atoms with Crippen LogP contribution in [-0.4, -0.2) is 42.0 Å². The second-order valence-electron chi connectivity index (χ2n) is 7.67. The lowest BCUT2D eigenvalue weighted by Crippen LogP contribution is -2.45. The van der Waals surface area contributed by atoms with Crippen LogP contribution in [0.3, 0.4) is 0 Å². The highest BCUT2D eigenvalue weighted by Crippen LogP contribution is 2.30. The first-order valence-electron chi connectivity index (χ1n) is 9.42. The number of alkyl halides is 3. The van der Waals surface area contributed by atoms with Crippen molar-refractivity contribution in [2.24, 2.45) is 0 Å². The van der Waals surface area contributed by atoms with E-state index >= 15 is 0 Å². The zero-order valence-corrected chi connectivity index (χ0v) is 17.1. The summed E-state index contributed by atoms with van der Waals surface area (Å²) in [7, 11) is 0. The molecule has 0 radical (unpaired) electrons. The van der Waals surface area contributed by atoms with Gasteiger partial charge in [0.2, 0.25) is 5.91 Å². The van der Waals surface area contributed by atoms with Crippen LogP contribution in [0.2, 0.25) is 5.02 Å². The van der Waals surface area contributed by atoms with E-state index in [1.165, 1.54) is 6.07 Å². The van der Waals surface area contributed by atoms with Gasteiger partial charge < -0.3 is 9.80 Å². The van der Waals surface area contributed by atoms with Crippen molar-refractivity contribution in [2.45, 2.75) is 31.9 Å². The molecular weight excluding hydrogens is 403 g/mol. The van der Waals surface area contributed by atoms with Gasteiger partial charge in [-0.05, 0) is 50.1 Å². The Labute approximate surface area is 173 Å². The fourth-order valence-electron chi connectivity index (χ4n) is 3.48. The predicted octanol–water partition coefficient (Wildman–Crippen LogP) is 4.77. The number of benzene rings is 1. The van der Waals surface area contributed by atoms with Crippen LogP contribution in [0, 0.1) is 0 Å². The van der Waals surface area contributed by atoms with Gasteiger partial charge in [-0.15, -0.1) is 0 Å². The number of nitrogens with zero attached hydrogens (tertiary/aromatic N) is 3. The summed E-state index contributed by atoms with van der Waals surface area (Å²) in [6.45, 7) is 5.99. The average molecular weight is 426 g/mol. The molecule has 29 heavy (non-hydrogen) atoms. The third kappa shape index (κ3) is 4.83. The first-order valence-corrected chi connectivity index (χ1v) is 9.80. The number of pyridine rings is 1. The Bertz CT molecular complexity index is 851. The number of halogens is 4. The number of hydrogen-bond donors (Lipinski definition) is 0. The van der Waals surface area contributed by atoms with Gasteiger partial charge in [0.15, 0.2) is 0 Å². The van der Waals surface area contributed by atoms with E-state index in [2.05, 4.69) is 4.98 Å². The maximum atomic E-state index is 13.2. The van der Waals surface area contributed by atoms with E-state index < -0.39 is 17.2 Å². The molecule has 0 N–H and O–H groups in total. The van der Waals surface area contributed by atoms with E-state index in [1.807, 2.05) is 35.8 Å². The molecule has 0 bridgehead atoms. The smallest absolute Gasteiger partial charge is 0.355 e. The Kier molecular flexibility index (Phi) is 6.08. The second kappa shape index (κ2) is 8.22. The summed E-state index contributed by atoms with van der Waals surface area (Å²) < 4.78 is 38.2. The molecule has 2 aromatic rings. The summed E-state index contributed by atoms with van der Waals surface area (Å²) in [5.41, 5.74) is -0.582.